The van der Waals surface area contributed by atoms with Crippen molar-refractivity contribution in [1.29, 1.82) is 0 Å². The second-order valence-corrected chi connectivity index (χ2v) is 9.42. The molecule has 25 heavy (non-hydrogen) atoms. The monoisotopic (exact) mass is 391 g/mol. The Kier molecular flexibility index (Phi) is 3.80. The number of halogens is 3. The molecule has 1 aromatic heterocycles. The summed E-state index contributed by atoms with van der Waals surface area (Å²) in [5.41, 5.74) is -0.679. The van der Waals surface area contributed by atoms with E-state index < -0.39 is 21.6 Å². The van der Waals surface area contributed by atoms with Gasteiger partial charge in [0.2, 0.25) is 6.79 Å². The lowest BCUT2D eigenvalue weighted by Crippen LogP contribution is -2.09. The van der Waals surface area contributed by atoms with E-state index in [1.54, 1.807) is 0 Å². The Balaban J connectivity index is 1.79. The molecule has 0 aliphatic carbocycles. The third-order valence-electron chi connectivity index (χ3n) is 4.06. The van der Waals surface area contributed by atoms with E-state index in [0.717, 1.165) is 17.8 Å². The summed E-state index contributed by atoms with van der Waals surface area (Å²) in [6.45, 7) is -0.0471. The van der Waals surface area contributed by atoms with Crippen LogP contribution in [0.25, 0.3) is 10.9 Å². The van der Waals surface area contributed by atoms with Crippen LogP contribution in [0.1, 0.15) is 12.0 Å². The van der Waals surface area contributed by atoms with Gasteiger partial charge in [-0.15, -0.1) is 11.8 Å². The van der Waals surface area contributed by atoms with E-state index in [1.165, 1.54) is 12.1 Å². The fourth-order valence-electron chi connectivity index (χ4n) is 2.91. The molecule has 1 atom stereocenters. The highest BCUT2D eigenvalue weighted by Crippen LogP contribution is 2.43. The Morgan fingerprint density at radius 2 is 1.88 bits per heavy atom. The van der Waals surface area contributed by atoms with Crippen molar-refractivity contribution >= 4 is 32.5 Å². The Labute approximate surface area is 145 Å². The third-order valence-corrected chi connectivity index (χ3v) is 7.23. The number of pyridine rings is 1. The maximum absolute atomic E-state index is 13.5. The van der Waals surface area contributed by atoms with E-state index >= 15 is 0 Å². The Morgan fingerprint density at radius 3 is 2.52 bits per heavy atom. The van der Waals surface area contributed by atoms with Gasteiger partial charge in [-0.25, -0.2) is 13.4 Å². The number of ether oxygens (including phenoxy) is 2. The van der Waals surface area contributed by atoms with Gasteiger partial charge in [0, 0.05) is 16.7 Å². The molecule has 1 fully saturated rings. The average molecular weight is 391 g/mol. The average Bonchev–Trinajstić information content (AvgIpc) is 3.08. The molecule has 0 bridgehead atoms. The van der Waals surface area contributed by atoms with Crippen LogP contribution in [0.3, 0.4) is 0 Å². The number of rotatable bonds is 2. The number of hydrogen-bond donors (Lipinski definition) is 0. The van der Waals surface area contributed by atoms with Gasteiger partial charge in [0.15, 0.2) is 21.3 Å². The topological polar surface area (TPSA) is 65.5 Å². The first-order valence-corrected chi connectivity index (χ1v) is 10.1. The second-order valence-electron chi connectivity index (χ2n) is 5.87. The zero-order valence-corrected chi connectivity index (χ0v) is 14.3. The van der Waals surface area contributed by atoms with Gasteiger partial charge in [-0.05, 0) is 18.6 Å². The maximum atomic E-state index is 13.5. The van der Waals surface area contributed by atoms with Crippen LogP contribution in [-0.2, 0) is 16.0 Å². The van der Waals surface area contributed by atoms with Gasteiger partial charge in [-0.3, -0.25) is 0 Å². The molecule has 5 nitrogen and oxygen atoms in total. The fraction of sp³-hybridized carbons (Fsp3) is 0.400. The van der Waals surface area contributed by atoms with E-state index in [-0.39, 0.29) is 45.2 Å². The molecule has 1 saturated heterocycles. The van der Waals surface area contributed by atoms with Gasteiger partial charge in [0.1, 0.15) is 0 Å². The molecule has 1 aromatic carbocycles. The van der Waals surface area contributed by atoms with Gasteiger partial charge in [-0.1, -0.05) is 0 Å². The molecule has 0 amide bonds. The van der Waals surface area contributed by atoms with Gasteiger partial charge >= 0.3 is 6.18 Å². The Morgan fingerprint density at radius 1 is 1.16 bits per heavy atom. The summed E-state index contributed by atoms with van der Waals surface area (Å²) < 4.78 is 73.9. The molecule has 134 valence electrons. The van der Waals surface area contributed by atoms with Gasteiger partial charge in [-0.2, -0.15) is 13.2 Å². The predicted octanol–water partition coefficient (Wildman–Crippen LogP) is 3.26. The van der Waals surface area contributed by atoms with Gasteiger partial charge in [0.25, 0.3) is 0 Å². The Hall–Kier alpha value is -1.68. The van der Waals surface area contributed by atoms with Crippen molar-refractivity contribution in [2.24, 2.45) is 0 Å². The SMILES string of the molecule is O=S1(=O)CC[C@@H](Sc2cc(C(F)(F)F)c3cc4c(cc3n2)OCO4)C1. The molecule has 3 heterocycles. The van der Waals surface area contributed by atoms with E-state index in [0.29, 0.717) is 12.2 Å². The largest absolute Gasteiger partial charge is 0.454 e. The number of fused-ring (bicyclic) bond motifs is 2. The third kappa shape index (κ3) is 3.24. The van der Waals surface area contributed by atoms with E-state index in [4.69, 9.17) is 9.47 Å². The highest BCUT2D eigenvalue weighted by molar-refractivity contribution is 8.01. The lowest BCUT2D eigenvalue weighted by Gasteiger charge is -2.14. The fourth-order valence-corrected chi connectivity index (χ4v) is 6.41. The Bertz CT molecular complexity index is 959. The highest BCUT2D eigenvalue weighted by Gasteiger charge is 2.35. The molecule has 2 aliphatic heterocycles. The minimum absolute atomic E-state index is 0.0418. The molecule has 0 N–H and O–H groups in total. The first kappa shape index (κ1) is 16.8. The van der Waals surface area contributed by atoms with Crippen LogP contribution in [0, 0.1) is 0 Å². The van der Waals surface area contributed by atoms with Gasteiger partial charge < -0.3 is 9.47 Å². The molecular formula is C15H12F3NO4S2. The van der Waals surface area contributed by atoms with Crippen LogP contribution in [0.4, 0.5) is 13.2 Å². The predicted molar refractivity (Wildman–Crippen MR) is 85.8 cm³/mol. The number of hydrogen-bond acceptors (Lipinski definition) is 6. The summed E-state index contributed by atoms with van der Waals surface area (Å²) in [6, 6.07) is 3.67. The van der Waals surface area contributed by atoms with Crippen LogP contribution in [0.15, 0.2) is 23.2 Å². The van der Waals surface area contributed by atoms with E-state index in [9.17, 15) is 21.6 Å². The van der Waals surface area contributed by atoms with Crippen LogP contribution in [0.2, 0.25) is 0 Å². The number of aromatic nitrogens is 1. The molecule has 0 saturated carbocycles. The highest BCUT2D eigenvalue weighted by atomic mass is 32.2. The zero-order chi connectivity index (χ0) is 17.8. The van der Waals surface area contributed by atoms with Crippen molar-refractivity contribution in [3.05, 3.63) is 23.8 Å². The number of benzene rings is 1. The molecule has 10 heteroatoms. The summed E-state index contributed by atoms with van der Waals surface area (Å²) in [6.07, 6.45) is -4.15. The van der Waals surface area contributed by atoms with Crippen molar-refractivity contribution < 1.29 is 31.1 Å². The summed E-state index contributed by atoms with van der Waals surface area (Å²) in [7, 11) is -3.11. The lowest BCUT2D eigenvalue weighted by atomic mass is 10.1. The normalized spacial score (nSPS) is 21.8. The zero-order valence-electron chi connectivity index (χ0n) is 12.7. The molecule has 2 aliphatic rings. The van der Waals surface area contributed by atoms with Crippen molar-refractivity contribution in [3.8, 4) is 11.5 Å². The second kappa shape index (κ2) is 5.66. The summed E-state index contributed by atoms with van der Waals surface area (Å²) in [5.74, 6) is 0.615. The quantitative estimate of drug-likeness (QED) is 0.783. The lowest BCUT2D eigenvalue weighted by molar-refractivity contribution is -0.136. The smallest absolute Gasteiger partial charge is 0.417 e. The van der Waals surface area contributed by atoms with E-state index in [2.05, 4.69) is 4.98 Å². The van der Waals surface area contributed by atoms with Crippen molar-refractivity contribution in [2.75, 3.05) is 18.3 Å². The first-order valence-electron chi connectivity index (χ1n) is 7.40. The summed E-state index contributed by atoms with van der Waals surface area (Å²) in [4.78, 5) is 4.27. The number of nitrogens with zero attached hydrogens (tertiary/aromatic N) is 1. The molecule has 2 aromatic rings. The van der Waals surface area contributed by atoms with Crippen LogP contribution in [-0.4, -0.2) is 37.0 Å². The minimum atomic E-state index is -4.56. The van der Waals surface area contributed by atoms with Crippen molar-refractivity contribution in [2.45, 2.75) is 22.9 Å². The molecule has 0 unspecified atom stereocenters. The molecule has 0 radical (unpaired) electrons. The minimum Gasteiger partial charge on any atom is -0.454 e. The van der Waals surface area contributed by atoms with Crippen LogP contribution < -0.4 is 9.47 Å². The number of sulfone groups is 1. The van der Waals surface area contributed by atoms with Crippen molar-refractivity contribution in [3.63, 3.8) is 0 Å². The summed E-state index contributed by atoms with van der Waals surface area (Å²) in [5, 5.41) is -0.203. The molecule has 0 spiro atoms. The van der Waals surface area contributed by atoms with Gasteiger partial charge in [0.05, 0.1) is 27.6 Å². The number of alkyl halides is 3. The number of thioether (sulfide) groups is 1. The molecular weight excluding hydrogens is 379 g/mol. The summed E-state index contributed by atoms with van der Waals surface area (Å²) >= 11 is 1.07. The molecule has 4 rings (SSSR count). The van der Waals surface area contributed by atoms with Crippen molar-refractivity contribution in [1.82, 2.24) is 4.98 Å². The first-order chi connectivity index (χ1) is 11.7. The maximum Gasteiger partial charge on any atom is 0.417 e. The van der Waals surface area contributed by atoms with Crippen LogP contribution >= 0.6 is 11.8 Å². The van der Waals surface area contributed by atoms with E-state index in [1.807, 2.05) is 0 Å². The standard InChI is InChI=1S/C15H12F3NO4S2/c16-15(17,18)10-4-14(24-8-1-2-25(20,21)6-8)19-11-5-13-12(3-9(10)11)22-7-23-13/h3-5,8H,1-2,6-7H2/t8-/m1/s1. The van der Waals surface area contributed by atoms with Crippen LogP contribution in [0.5, 0.6) is 11.5 Å².